The van der Waals surface area contributed by atoms with E-state index in [2.05, 4.69) is 10.1 Å². The van der Waals surface area contributed by atoms with Gasteiger partial charge in [-0.15, -0.1) is 11.3 Å². The largest absolute Gasteiger partial charge is 0.361 e. The molecular weight excluding hydrogens is 172 g/mol. The number of aryl methyl sites for hydroxylation is 2. The van der Waals surface area contributed by atoms with Gasteiger partial charge < -0.3 is 4.52 Å². The predicted molar refractivity (Wildman–Crippen MR) is 47.1 cm³/mol. The van der Waals surface area contributed by atoms with Crippen molar-refractivity contribution in [2.24, 2.45) is 0 Å². The zero-order valence-corrected chi connectivity index (χ0v) is 7.68. The van der Waals surface area contributed by atoms with Crippen molar-refractivity contribution in [1.29, 1.82) is 0 Å². The van der Waals surface area contributed by atoms with Crippen LogP contribution in [0.15, 0.2) is 16.0 Å². The summed E-state index contributed by atoms with van der Waals surface area (Å²) in [6.07, 6.45) is 0. The van der Waals surface area contributed by atoms with Crippen LogP contribution in [-0.2, 0) is 0 Å². The quantitative estimate of drug-likeness (QED) is 0.676. The molecule has 12 heavy (non-hydrogen) atoms. The number of hydrogen-bond acceptors (Lipinski definition) is 4. The predicted octanol–water partition coefficient (Wildman–Crippen LogP) is 2.41. The Morgan fingerprint density at radius 1 is 1.42 bits per heavy atom. The van der Waals surface area contributed by atoms with Gasteiger partial charge in [-0.05, 0) is 13.8 Å². The Morgan fingerprint density at radius 2 is 2.25 bits per heavy atom. The van der Waals surface area contributed by atoms with Gasteiger partial charge in [-0.2, -0.15) is 0 Å². The number of thiazole rings is 1. The molecule has 2 heterocycles. The number of hydrogen-bond donors (Lipinski definition) is 0. The van der Waals surface area contributed by atoms with E-state index in [0.717, 1.165) is 22.2 Å². The van der Waals surface area contributed by atoms with E-state index in [0.29, 0.717) is 0 Å². The first-order valence-corrected chi connectivity index (χ1v) is 4.49. The molecule has 0 aliphatic rings. The van der Waals surface area contributed by atoms with Gasteiger partial charge in [0.1, 0.15) is 16.5 Å². The van der Waals surface area contributed by atoms with Crippen molar-refractivity contribution >= 4 is 11.3 Å². The minimum atomic E-state index is 0.817. The molecule has 0 unspecified atom stereocenters. The van der Waals surface area contributed by atoms with Gasteiger partial charge >= 0.3 is 0 Å². The van der Waals surface area contributed by atoms with Crippen LogP contribution in [0.25, 0.3) is 10.7 Å². The van der Waals surface area contributed by atoms with Gasteiger partial charge in [-0.25, -0.2) is 4.98 Å². The van der Waals surface area contributed by atoms with E-state index in [4.69, 9.17) is 4.52 Å². The Morgan fingerprint density at radius 3 is 2.75 bits per heavy atom. The molecule has 0 spiro atoms. The van der Waals surface area contributed by atoms with Crippen LogP contribution >= 0.6 is 11.3 Å². The maximum absolute atomic E-state index is 4.94. The average Bonchev–Trinajstić information content (AvgIpc) is 2.58. The van der Waals surface area contributed by atoms with Crippen LogP contribution in [0.3, 0.4) is 0 Å². The zero-order valence-electron chi connectivity index (χ0n) is 6.87. The maximum atomic E-state index is 4.94. The van der Waals surface area contributed by atoms with Gasteiger partial charge in [0.05, 0.1) is 0 Å². The van der Waals surface area contributed by atoms with Crippen LogP contribution in [0.4, 0.5) is 0 Å². The summed E-state index contributed by atoms with van der Waals surface area (Å²) in [6.45, 7) is 3.84. The fourth-order valence-corrected chi connectivity index (χ4v) is 1.69. The van der Waals surface area contributed by atoms with Crippen LogP contribution in [0.5, 0.6) is 0 Å². The van der Waals surface area contributed by atoms with Crippen LogP contribution in [0.2, 0.25) is 0 Å². The van der Waals surface area contributed by atoms with E-state index in [-0.39, 0.29) is 0 Å². The van der Waals surface area contributed by atoms with E-state index in [1.165, 1.54) is 0 Å². The lowest BCUT2D eigenvalue weighted by Gasteiger charge is -1.82. The minimum Gasteiger partial charge on any atom is -0.361 e. The minimum absolute atomic E-state index is 0.817. The van der Waals surface area contributed by atoms with Gasteiger partial charge in [0.15, 0.2) is 0 Å². The molecule has 0 fully saturated rings. The molecule has 0 atom stereocenters. The molecule has 0 aliphatic carbocycles. The standard InChI is InChI=1S/C8H8N2OS/c1-5-4-12-8(9-5)7-3-6(2)11-10-7/h3-4H,1-2H3. The highest BCUT2D eigenvalue weighted by Gasteiger charge is 2.06. The third-order valence-corrected chi connectivity index (χ3v) is 2.45. The molecule has 0 saturated carbocycles. The smallest absolute Gasteiger partial charge is 0.145 e. The summed E-state index contributed by atoms with van der Waals surface area (Å²) < 4.78 is 4.94. The lowest BCUT2D eigenvalue weighted by molar-refractivity contribution is 0.399. The first kappa shape index (κ1) is 7.49. The van der Waals surface area contributed by atoms with Crippen molar-refractivity contribution in [1.82, 2.24) is 10.1 Å². The molecule has 2 rings (SSSR count). The van der Waals surface area contributed by atoms with Gasteiger partial charge in [0.2, 0.25) is 0 Å². The Balaban J connectivity index is 2.43. The summed E-state index contributed by atoms with van der Waals surface area (Å²) in [5, 5.41) is 6.79. The van der Waals surface area contributed by atoms with Gasteiger partial charge in [-0.3, -0.25) is 0 Å². The lowest BCUT2D eigenvalue weighted by atomic mass is 10.4. The Kier molecular flexibility index (Phi) is 1.69. The van der Waals surface area contributed by atoms with Crippen molar-refractivity contribution in [3.8, 4) is 10.7 Å². The van der Waals surface area contributed by atoms with Crippen molar-refractivity contribution < 1.29 is 4.52 Å². The van der Waals surface area contributed by atoms with E-state index < -0.39 is 0 Å². The fraction of sp³-hybridized carbons (Fsp3) is 0.250. The fourth-order valence-electron chi connectivity index (χ4n) is 0.939. The lowest BCUT2D eigenvalue weighted by Crippen LogP contribution is -1.74. The number of aromatic nitrogens is 2. The topological polar surface area (TPSA) is 38.9 Å². The summed E-state index contributed by atoms with van der Waals surface area (Å²) in [5.74, 6) is 0.817. The average molecular weight is 180 g/mol. The van der Waals surface area contributed by atoms with Crippen molar-refractivity contribution in [2.45, 2.75) is 13.8 Å². The highest BCUT2D eigenvalue weighted by atomic mass is 32.1. The molecule has 2 aromatic rings. The summed E-state index contributed by atoms with van der Waals surface area (Å²) in [4.78, 5) is 4.29. The SMILES string of the molecule is Cc1csc(-c2cc(C)on2)n1. The molecule has 4 heteroatoms. The van der Waals surface area contributed by atoms with E-state index in [1.54, 1.807) is 11.3 Å². The first-order valence-electron chi connectivity index (χ1n) is 3.61. The second-order valence-corrected chi connectivity index (χ2v) is 3.47. The van der Waals surface area contributed by atoms with Crippen LogP contribution < -0.4 is 0 Å². The van der Waals surface area contributed by atoms with E-state index >= 15 is 0 Å². The van der Waals surface area contributed by atoms with Crippen molar-refractivity contribution in [3.05, 3.63) is 22.9 Å². The van der Waals surface area contributed by atoms with Crippen LogP contribution in [0, 0.1) is 13.8 Å². The molecule has 0 radical (unpaired) electrons. The molecule has 0 bridgehead atoms. The number of nitrogens with zero attached hydrogens (tertiary/aromatic N) is 2. The first-order chi connectivity index (χ1) is 5.75. The number of rotatable bonds is 1. The maximum Gasteiger partial charge on any atom is 0.145 e. The molecule has 2 aromatic heterocycles. The van der Waals surface area contributed by atoms with Crippen LogP contribution in [0.1, 0.15) is 11.5 Å². The third kappa shape index (κ3) is 1.25. The highest BCUT2D eigenvalue weighted by molar-refractivity contribution is 7.13. The zero-order chi connectivity index (χ0) is 8.55. The van der Waals surface area contributed by atoms with E-state index in [9.17, 15) is 0 Å². The van der Waals surface area contributed by atoms with Gasteiger partial charge in [-0.1, -0.05) is 5.16 Å². The molecule has 62 valence electrons. The van der Waals surface area contributed by atoms with E-state index in [1.807, 2.05) is 25.3 Å². The van der Waals surface area contributed by atoms with Gasteiger partial charge in [0.25, 0.3) is 0 Å². The molecule has 0 aromatic carbocycles. The van der Waals surface area contributed by atoms with Crippen LogP contribution in [-0.4, -0.2) is 10.1 Å². The van der Waals surface area contributed by atoms with Gasteiger partial charge in [0, 0.05) is 17.1 Å². The normalized spacial score (nSPS) is 10.5. The highest BCUT2D eigenvalue weighted by Crippen LogP contribution is 2.22. The summed E-state index contributed by atoms with van der Waals surface area (Å²) in [6, 6.07) is 1.89. The second-order valence-electron chi connectivity index (χ2n) is 2.62. The monoisotopic (exact) mass is 180 g/mol. The molecule has 0 saturated heterocycles. The Hall–Kier alpha value is -1.16. The third-order valence-electron chi connectivity index (χ3n) is 1.47. The molecule has 3 nitrogen and oxygen atoms in total. The van der Waals surface area contributed by atoms with Crippen molar-refractivity contribution in [3.63, 3.8) is 0 Å². The summed E-state index contributed by atoms with van der Waals surface area (Å²) in [7, 11) is 0. The second kappa shape index (κ2) is 2.71. The molecule has 0 amide bonds. The molecule has 0 N–H and O–H groups in total. The molecular formula is C8H8N2OS. The van der Waals surface area contributed by atoms with Crippen molar-refractivity contribution in [2.75, 3.05) is 0 Å². The molecule has 0 aliphatic heterocycles. The summed E-state index contributed by atoms with van der Waals surface area (Å²) in [5.41, 5.74) is 1.85. The summed E-state index contributed by atoms with van der Waals surface area (Å²) >= 11 is 1.58. The Labute approximate surface area is 74.0 Å². The Bertz CT molecular complexity index is 353.